The number of hydrogen-bond acceptors (Lipinski definition) is 5. The lowest BCUT2D eigenvalue weighted by molar-refractivity contribution is 0.0322. The fraction of sp³-hybridized carbons (Fsp3) is 0.316. The van der Waals surface area contributed by atoms with Gasteiger partial charge in [0.05, 0.1) is 24.2 Å². The molecule has 0 bridgehead atoms. The van der Waals surface area contributed by atoms with E-state index in [0.29, 0.717) is 6.61 Å². The molecule has 1 aromatic heterocycles. The number of ether oxygens (including phenoxy) is 2. The van der Waals surface area contributed by atoms with Crippen LogP contribution in [0.1, 0.15) is 0 Å². The number of nitrogen functional groups attached to an aromatic ring is 1. The van der Waals surface area contributed by atoms with Crippen molar-refractivity contribution in [2.24, 2.45) is 0 Å². The summed E-state index contributed by atoms with van der Waals surface area (Å²) in [4.78, 5) is 6.86. The Labute approximate surface area is 146 Å². The highest BCUT2D eigenvalue weighted by Gasteiger charge is 2.10. The first-order chi connectivity index (χ1) is 12.3. The van der Waals surface area contributed by atoms with E-state index in [0.717, 1.165) is 61.0 Å². The predicted molar refractivity (Wildman–Crippen MR) is 98.2 cm³/mol. The highest BCUT2D eigenvalue weighted by molar-refractivity contribution is 5.79. The zero-order valence-electron chi connectivity index (χ0n) is 14.1. The SMILES string of the molecule is Nc1ccc(-n2cnc3cc(OCCN4CCOCC4)ccc32)cc1. The van der Waals surface area contributed by atoms with E-state index in [4.69, 9.17) is 15.2 Å². The van der Waals surface area contributed by atoms with Gasteiger partial charge in [-0.3, -0.25) is 9.47 Å². The van der Waals surface area contributed by atoms with Crippen LogP contribution in [-0.4, -0.2) is 53.9 Å². The van der Waals surface area contributed by atoms with Crippen molar-refractivity contribution >= 4 is 16.7 Å². The van der Waals surface area contributed by atoms with Crippen LogP contribution in [0, 0.1) is 0 Å². The van der Waals surface area contributed by atoms with Gasteiger partial charge in [0.25, 0.3) is 0 Å². The highest BCUT2D eigenvalue weighted by atomic mass is 16.5. The van der Waals surface area contributed by atoms with Crippen LogP contribution in [0.25, 0.3) is 16.7 Å². The lowest BCUT2D eigenvalue weighted by atomic mass is 10.2. The Balaban J connectivity index is 1.45. The molecular weight excluding hydrogens is 316 g/mol. The predicted octanol–water partition coefficient (Wildman–Crippen LogP) is 2.32. The molecule has 0 aliphatic carbocycles. The molecule has 4 rings (SSSR count). The number of hydrogen-bond donors (Lipinski definition) is 1. The van der Waals surface area contributed by atoms with Crippen molar-refractivity contribution in [3.8, 4) is 11.4 Å². The first-order valence-electron chi connectivity index (χ1n) is 8.55. The molecule has 6 heteroatoms. The van der Waals surface area contributed by atoms with Crippen molar-refractivity contribution in [1.29, 1.82) is 0 Å². The first kappa shape index (κ1) is 15.9. The number of imidazole rings is 1. The van der Waals surface area contributed by atoms with E-state index < -0.39 is 0 Å². The number of nitrogens with two attached hydrogens (primary N) is 1. The lowest BCUT2D eigenvalue weighted by Gasteiger charge is -2.26. The van der Waals surface area contributed by atoms with Gasteiger partial charge in [-0.25, -0.2) is 4.98 Å². The summed E-state index contributed by atoms with van der Waals surface area (Å²) in [6, 6.07) is 13.8. The summed E-state index contributed by atoms with van der Waals surface area (Å²) in [6.07, 6.45) is 1.83. The maximum atomic E-state index is 5.90. The van der Waals surface area contributed by atoms with Gasteiger partial charge >= 0.3 is 0 Å². The second-order valence-electron chi connectivity index (χ2n) is 6.16. The third kappa shape index (κ3) is 3.60. The van der Waals surface area contributed by atoms with Gasteiger partial charge in [0.2, 0.25) is 0 Å². The van der Waals surface area contributed by atoms with E-state index in [2.05, 4.69) is 9.88 Å². The van der Waals surface area contributed by atoms with Crippen LogP contribution in [0.5, 0.6) is 5.75 Å². The normalized spacial score (nSPS) is 15.5. The molecule has 0 unspecified atom stereocenters. The monoisotopic (exact) mass is 338 g/mol. The molecule has 1 fully saturated rings. The number of morpholine rings is 1. The largest absolute Gasteiger partial charge is 0.492 e. The molecule has 1 saturated heterocycles. The average molecular weight is 338 g/mol. The Hall–Kier alpha value is -2.57. The van der Waals surface area contributed by atoms with Gasteiger partial charge in [0.15, 0.2) is 0 Å². The number of rotatable bonds is 5. The van der Waals surface area contributed by atoms with Gasteiger partial charge < -0.3 is 15.2 Å². The maximum Gasteiger partial charge on any atom is 0.121 e. The molecule has 2 heterocycles. The highest BCUT2D eigenvalue weighted by Crippen LogP contribution is 2.23. The van der Waals surface area contributed by atoms with Crippen LogP contribution in [0.2, 0.25) is 0 Å². The Morgan fingerprint density at radius 1 is 1.08 bits per heavy atom. The number of benzene rings is 2. The fourth-order valence-electron chi connectivity index (χ4n) is 3.04. The molecule has 0 spiro atoms. The minimum absolute atomic E-state index is 0.671. The molecule has 1 aliphatic rings. The van der Waals surface area contributed by atoms with Crippen molar-refractivity contribution in [3.05, 3.63) is 48.8 Å². The van der Waals surface area contributed by atoms with Crippen LogP contribution >= 0.6 is 0 Å². The van der Waals surface area contributed by atoms with Crippen LogP contribution in [-0.2, 0) is 4.74 Å². The van der Waals surface area contributed by atoms with E-state index in [1.807, 2.05) is 53.4 Å². The van der Waals surface area contributed by atoms with Gasteiger partial charge in [-0.05, 0) is 36.4 Å². The maximum absolute atomic E-state index is 5.90. The lowest BCUT2D eigenvalue weighted by Crippen LogP contribution is -2.38. The number of anilines is 1. The fourth-order valence-corrected chi connectivity index (χ4v) is 3.04. The molecule has 0 atom stereocenters. The molecular formula is C19H22N4O2. The van der Waals surface area contributed by atoms with Crippen LogP contribution in [0.3, 0.4) is 0 Å². The minimum atomic E-state index is 0.671. The van der Waals surface area contributed by atoms with Crippen LogP contribution in [0.4, 0.5) is 5.69 Å². The van der Waals surface area contributed by atoms with Crippen LogP contribution < -0.4 is 10.5 Å². The van der Waals surface area contributed by atoms with E-state index in [9.17, 15) is 0 Å². The van der Waals surface area contributed by atoms with E-state index in [1.54, 1.807) is 0 Å². The summed E-state index contributed by atoms with van der Waals surface area (Å²) in [5.41, 5.74) is 9.52. The van der Waals surface area contributed by atoms with Gasteiger partial charge in [-0.15, -0.1) is 0 Å². The molecule has 0 amide bonds. The average Bonchev–Trinajstić information content (AvgIpc) is 3.06. The Morgan fingerprint density at radius 3 is 2.68 bits per heavy atom. The number of aromatic nitrogens is 2. The van der Waals surface area contributed by atoms with Crippen molar-refractivity contribution in [3.63, 3.8) is 0 Å². The summed E-state index contributed by atoms with van der Waals surface area (Å²) in [5, 5.41) is 0. The molecule has 2 N–H and O–H groups in total. The van der Waals surface area contributed by atoms with Gasteiger partial charge in [-0.1, -0.05) is 0 Å². The molecule has 0 radical (unpaired) electrons. The standard InChI is InChI=1S/C19H22N4O2/c20-15-1-3-16(4-2-15)23-14-21-18-13-17(5-6-19(18)23)25-12-9-22-7-10-24-11-8-22/h1-6,13-14H,7-12,20H2. The van der Waals surface area contributed by atoms with Crippen molar-refractivity contribution in [2.45, 2.75) is 0 Å². The zero-order chi connectivity index (χ0) is 17.1. The number of fused-ring (bicyclic) bond motifs is 1. The van der Waals surface area contributed by atoms with Gasteiger partial charge in [0.1, 0.15) is 18.7 Å². The Bertz CT molecular complexity index is 838. The minimum Gasteiger partial charge on any atom is -0.492 e. The second kappa shape index (κ2) is 7.13. The molecule has 3 aromatic rings. The quantitative estimate of drug-likeness (QED) is 0.723. The van der Waals surface area contributed by atoms with Crippen molar-refractivity contribution in [1.82, 2.24) is 14.5 Å². The summed E-state index contributed by atoms with van der Waals surface area (Å²) in [5.74, 6) is 0.850. The van der Waals surface area contributed by atoms with Crippen molar-refractivity contribution in [2.75, 3.05) is 45.2 Å². The molecule has 2 aromatic carbocycles. The van der Waals surface area contributed by atoms with Crippen LogP contribution in [0.15, 0.2) is 48.8 Å². The zero-order valence-corrected chi connectivity index (χ0v) is 14.1. The molecule has 1 aliphatic heterocycles. The van der Waals surface area contributed by atoms with Crippen molar-refractivity contribution < 1.29 is 9.47 Å². The first-order valence-corrected chi connectivity index (χ1v) is 8.55. The summed E-state index contributed by atoms with van der Waals surface area (Å²) >= 11 is 0. The summed E-state index contributed by atoms with van der Waals surface area (Å²) in [6.45, 7) is 5.18. The van der Waals surface area contributed by atoms with Gasteiger partial charge in [-0.2, -0.15) is 0 Å². The Morgan fingerprint density at radius 2 is 1.88 bits per heavy atom. The summed E-state index contributed by atoms with van der Waals surface area (Å²) in [7, 11) is 0. The third-order valence-electron chi connectivity index (χ3n) is 4.47. The molecule has 25 heavy (non-hydrogen) atoms. The third-order valence-corrected chi connectivity index (χ3v) is 4.47. The van der Waals surface area contributed by atoms with E-state index >= 15 is 0 Å². The topological polar surface area (TPSA) is 65.5 Å². The Kier molecular flexibility index (Phi) is 4.54. The molecule has 6 nitrogen and oxygen atoms in total. The van der Waals surface area contributed by atoms with E-state index in [1.165, 1.54) is 0 Å². The smallest absolute Gasteiger partial charge is 0.121 e. The molecule has 0 saturated carbocycles. The summed E-state index contributed by atoms with van der Waals surface area (Å²) < 4.78 is 13.3. The van der Waals surface area contributed by atoms with Gasteiger partial charge in [0, 0.05) is 37.1 Å². The molecule has 130 valence electrons. The van der Waals surface area contributed by atoms with E-state index in [-0.39, 0.29) is 0 Å². The number of nitrogens with zero attached hydrogens (tertiary/aromatic N) is 3. The second-order valence-corrected chi connectivity index (χ2v) is 6.16.